The largest absolute Gasteiger partial charge is 0.486 e. The predicted molar refractivity (Wildman–Crippen MR) is 138 cm³/mol. The summed E-state index contributed by atoms with van der Waals surface area (Å²) in [5, 5.41) is 3.15. The molecule has 9 nitrogen and oxygen atoms in total. The normalized spacial score (nSPS) is 18.1. The number of aromatic nitrogens is 4. The number of hydrogen-bond donors (Lipinski definition) is 1. The molecule has 3 aromatic rings. The molecule has 4 heterocycles. The molecule has 0 amide bonds. The van der Waals surface area contributed by atoms with E-state index >= 15 is 0 Å². The number of sulfone groups is 1. The molecule has 0 radical (unpaired) electrons. The first-order valence-electron chi connectivity index (χ1n) is 12.0. The van der Waals surface area contributed by atoms with Gasteiger partial charge in [0.25, 0.3) is 0 Å². The zero-order valence-corrected chi connectivity index (χ0v) is 21.5. The summed E-state index contributed by atoms with van der Waals surface area (Å²) in [5.41, 5.74) is 3.09. The quantitative estimate of drug-likeness (QED) is 0.517. The van der Waals surface area contributed by atoms with Crippen LogP contribution in [0.2, 0.25) is 0 Å². The van der Waals surface area contributed by atoms with Gasteiger partial charge in [-0.1, -0.05) is 12.1 Å². The number of piperidine rings is 1. The molecular weight excluding hydrogens is 464 g/mol. The minimum Gasteiger partial charge on any atom is -0.486 e. The highest BCUT2D eigenvalue weighted by Gasteiger charge is 2.42. The fourth-order valence-corrected chi connectivity index (χ4v) is 5.34. The van der Waals surface area contributed by atoms with Gasteiger partial charge in [0.1, 0.15) is 17.0 Å². The van der Waals surface area contributed by atoms with Crippen molar-refractivity contribution in [1.82, 2.24) is 19.5 Å². The maximum Gasteiger partial charge on any atom is 0.239 e. The summed E-state index contributed by atoms with van der Waals surface area (Å²) in [6, 6.07) is 6.26. The van der Waals surface area contributed by atoms with E-state index < -0.39 is 14.6 Å². The highest BCUT2D eigenvalue weighted by Crippen LogP contribution is 2.44. The summed E-state index contributed by atoms with van der Waals surface area (Å²) < 4.78 is 32.6. The van der Waals surface area contributed by atoms with Crippen molar-refractivity contribution < 1.29 is 13.2 Å². The van der Waals surface area contributed by atoms with Gasteiger partial charge < -0.3 is 15.0 Å². The lowest BCUT2D eigenvalue weighted by Gasteiger charge is -2.42. The summed E-state index contributed by atoms with van der Waals surface area (Å²) in [7, 11) is -1.72. The first-order chi connectivity index (χ1) is 16.7. The van der Waals surface area contributed by atoms with Gasteiger partial charge in [0.2, 0.25) is 11.9 Å². The Kier molecular flexibility index (Phi) is 5.74. The molecule has 0 unspecified atom stereocenters. The van der Waals surface area contributed by atoms with Crippen molar-refractivity contribution in [3.05, 3.63) is 42.1 Å². The molecule has 1 atom stereocenters. The van der Waals surface area contributed by atoms with E-state index in [0.29, 0.717) is 35.8 Å². The van der Waals surface area contributed by atoms with Crippen molar-refractivity contribution in [1.29, 1.82) is 0 Å². The van der Waals surface area contributed by atoms with Crippen LogP contribution in [0.25, 0.3) is 17.0 Å². The van der Waals surface area contributed by atoms with E-state index in [0.717, 1.165) is 48.8 Å². The van der Waals surface area contributed by atoms with Crippen LogP contribution in [-0.2, 0) is 21.0 Å². The van der Waals surface area contributed by atoms with Crippen molar-refractivity contribution in [2.24, 2.45) is 0 Å². The Labute approximate surface area is 206 Å². The van der Waals surface area contributed by atoms with E-state index in [2.05, 4.69) is 22.9 Å². The van der Waals surface area contributed by atoms with E-state index in [1.165, 1.54) is 6.26 Å². The van der Waals surface area contributed by atoms with Crippen LogP contribution < -0.4 is 15.0 Å². The van der Waals surface area contributed by atoms with Gasteiger partial charge in [-0.2, -0.15) is 4.98 Å². The van der Waals surface area contributed by atoms with Crippen LogP contribution in [0.4, 0.5) is 11.8 Å². The van der Waals surface area contributed by atoms with E-state index in [9.17, 15) is 8.42 Å². The second-order valence-corrected chi connectivity index (χ2v) is 12.4. The van der Waals surface area contributed by atoms with Gasteiger partial charge in [0.05, 0.1) is 17.1 Å². The summed E-state index contributed by atoms with van der Waals surface area (Å²) >= 11 is 0. The van der Waals surface area contributed by atoms with Crippen LogP contribution in [0, 0.1) is 0 Å². The average molecular weight is 497 g/mol. The van der Waals surface area contributed by atoms with Crippen molar-refractivity contribution in [2.45, 2.75) is 50.3 Å². The fraction of sp³-hybridized carbons (Fsp3) is 0.480. The zero-order valence-electron chi connectivity index (χ0n) is 20.7. The second-order valence-electron chi connectivity index (χ2n) is 9.80. The van der Waals surface area contributed by atoms with Gasteiger partial charge in [-0.3, -0.25) is 0 Å². The van der Waals surface area contributed by atoms with Crippen LogP contribution in [-0.4, -0.2) is 60.4 Å². The van der Waals surface area contributed by atoms with Gasteiger partial charge in [0, 0.05) is 19.8 Å². The average Bonchev–Trinajstić information content (AvgIpc) is 3.20. The van der Waals surface area contributed by atoms with E-state index in [1.54, 1.807) is 20.9 Å². The second kappa shape index (κ2) is 8.51. The summed E-state index contributed by atoms with van der Waals surface area (Å²) in [5.74, 6) is 2.06. The van der Waals surface area contributed by atoms with Gasteiger partial charge >= 0.3 is 0 Å². The number of ether oxygens (including phenoxy) is 1. The molecule has 2 aromatic heterocycles. The first kappa shape index (κ1) is 23.6. The molecular formula is C25H32N6O3S. The smallest absolute Gasteiger partial charge is 0.239 e. The van der Waals surface area contributed by atoms with E-state index in [1.807, 2.05) is 22.8 Å². The third-order valence-electron chi connectivity index (χ3n) is 7.17. The van der Waals surface area contributed by atoms with E-state index in [4.69, 9.17) is 19.7 Å². The molecule has 0 spiro atoms. The Balaban J connectivity index is 1.81. The van der Waals surface area contributed by atoms with E-state index in [-0.39, 0.29) is 6.04 Å². The molecule has 0 bridgehead atoms. The van der Waals surface area contributed by atoms with Gasteiger partial charge in [-0.15, -0.1) is 6.58 Å². The number of imidazole rings is 1. The topological polar surface area (TPSA) is 102 Å². The van der Waals surface area contributed by atoms with Crippen molar-refractivity contribution >= 4 is 32.6 Å². The Morgan fingerprint density at radius 1 is 1.26 bits per heavy atom. The van der Waals surface area contributed by atoms with Crippen LogP contribution in [0.3, 0.4) is 0 Å². The monoisotopic (exact) mass is 496 g/mol. The lowest BCUT2D eigenvalue weighted by molar-refractivity contribution is 0.232. The SMILES string of the molecule is C=CCc1ccc2nc(NC)n(-c3nc4c(c(C(C)(C)S(C)(=O)=O)n3)OC[C@@H]3CCCCN43)c2c1. The number of nitrogens with one attached hydrogen (secondary N) is 1. The number of hydrogen-bond acceptors (Lipinski definition) is 8. The molecule has 0 saturated carbocycles. The maximum absolute atomic E-state index is 12.9. The van der Waals surface area contributed by atoms with Gasteiger partial charge in [-0.05, 0) is 57.2 Å². The third-order valence-corrected chi connectivity index (χ3v) is 9.22. The lowest BCUT2D eigenvalue weighted by atomic mass is 10.00. The number of benzene rings is 1. The fourth-order valence-electron chi connectivity index (χ4n) is 4.86. The first-order valence-corrected chi connectivity index (χ1v) is 13.9. The molecule has 0 aliphatic carbocycles. The lowest BCUT2D eigenvalue weighted by Crippen LogP contribution is -2.47. The van der Waals surface area contributed by atoms with Crippen LogP contribution in [0.5, 0.6) is 5.75 Å². The standard InChI is InChI=1S/C25H32N6O3S/c1-6-9-16-11-12-18-19(14-16)31(23(26-4)27-18)24-28-21(25(2,3)35(5,32)33)20-22(29-24)30-13-8-7-10-17(30)15-34-20/h6,11-12,14,17H,1,7-10,13,15H2,2-5H3,(H,26,27)/t17-/m0/s1. The number of rotatable bonds is 6. The third kappa shape index (κ3) is 3.84. The molecule has 2 aliphatic heterocycles. The molecule has 10 heteroatoms. The Hall–Kier alpha value is -3.14. The molecule has 1 aromatic carbocycles. The number of anilines is 2. The van der Waals surface area contributed by atoms with Crippen molar-refractivity contribution in [3.8, 4) is 11.7 Å². The molecule has 2 aliphatic rings. The Morgan fingerprint density at radius 2 is 2.06 bits per heavy atom. The molecule has 186 valence electrons. The highest BCUT2D eigenvalue weighted by atomic mass is 32.2. The predicted octanol–water partition coefficient (Wildman–Crippen LogP) is 3.62. The molecule has 1 fully saturated rings. The molecule has 1 N–H and O–H groups in total. The van der Waals surface area contributed by atoms with Crippen molar-refractivity contribution in [2.75, 3.05) is 36.7 Å². The maximum atomic E-state index is 12.9. The molecule has 5 rings (SSSR count). The summed E-state index contributed by atoms with van der Waals surface area (Å²) in [6.45, 7) is 8.55. The number of nitrogens with zero attached hydrogens (tertiary/aromatic N) is 5. The minimum absolute atomic E-state index is 0.218. The van der Waals surface area contributed by atoms with Crippen LogP contribution in [0.1, 0.15) is 44.4 Å². The Bertz CT molecular complexity index is 1410. The highest BCUT2D eigenvalue weighted by molar-refractivity contribution is 7.91. The Morgan fingerprint density at radius 3 is 2.77 bits per heavy atom. The molecule has 1 saturated heterocycles. The van der Waals surface area contributed by atoms with Crippen LogP contribution >= 0.6 is 0 Å². The summed E-state index contributed by atoms with van der Waals surface area (Å²) in [4.78, 5) is 16.8. The van der Waals surface area contributed by atoms with Crippen LogP contribution in [0.15, 0.2) is 30.9 Å². The van der Waals surface area contributed by atoms with Gasteiger partial charge in [0.15, 0.2) is 21.4 Å². The number of fused-ring (bicyclic) bond motifs is 4. The minimum atomic E-state index is -3.52. The zero-order chi connectivity index (χ0) is 25.0. The summed E-state index contributed by atoms with van der Waals surface area (Å²) in [6.07, 6.45) is 7.03. The van der Waals surface area contributed by atoms with Gasteiger partial charge in [-0.25, -0.2) is 23.0 Å². The molecule has 35 heavy (non-hydrogen) atoms. The number of allylic oxidation sites excluding steroid dienone is 1. The van der Waals surface area contributed by atoms with Crippen molar-refractivity contribution in [3.63, 3.8) is 0 Å².